The van der Waals surface area contributed by atoms with Crippen LogP contribution in [0.15, 0.2) is 41.5 Å². The van der Waals surface area contributed by atoms with Crippen molar-refractivity contribution in [3.8, 4) is 5.75 Å². The molecular weight excluding hydrogens is 312 g/mol. The van der Waals surface area contributed by atoms with Crippen LogP contribution in [-0.4, -0.2) is 19.2 Å². The summed E-state index contributed by atoms with van der Waals surface area (Å²) in [6.07, 6.45) is 6.53. The number of nitrogens with one attached hydrogen (secondary N) is 1. The summed E-state index contributed by atoms with van der Waals surface area (Å²) in [6.45, 7) is 2.25. The Morgan fingerprint density at radius 3 is 2.88 bits per heavy atom. The number of hydrogen-bond acceptors (Lipinski definition) is 3. The van der Waals surface area contributed by atoms with Crippen LogP contribution < -0.4 is 10.2 Å². The van der Waals surface area contributed by atoms with E-state index in [-0.39, 0.29) is 17.2 Å². The molecule has 0 spiro atoms. The standard InChI is InChI=1S/C21H24N2O2/c1-21-12-6-5-9-17(21)19(21)20(24)23-22-13-16-15-8-4-3-7-14(15)10-11-18(16)25-2/h3-4,7-8,10-11,13,17,19H,5-6,9,12H2,1-2H3,(H,23,24)/b22-13+/t17-,19-,21+/m0/s1. The summed E-state index contributed by atoms with van der Waals surface area (Å²) in [5.41, 5.74) is 3.86. The van der Waals surface area contributed by atoms with Crippen molar-refractivity contribution < 1.29 is 9.53 Å². The van der Waals surface area contributed by atoms with Gasteiger partial charge in [-0.15, -0.1) is 0 Å². The predicted molar refractivity (Wildman–Crippen MR) is 99.8 cm³/mol. The van der Waals surface area contributed by atoms with E-state index in [9.17, 15) is 4.79 Å². The van der Waals surface area contributed by atoms with E-state index in [4.69, 9.17) is 4.74 Å². The SMILES string of the molecule is COc1ccc2ccccc2c1/C=N/NC(=O)[C@@H]1[C@@H]2CCCC[C@@]12C. The average molecular weight is 336 g/mol. The second-order valence-electron chi connectivity index (χ2n) is 7.47. The second kappa shape index (κ2) is 6.17. The van der Waals surface area contributed by atoms with Gasteiger partial charge in [-0.2, -0.15) is 5.10 Å². The molecule has 130 valence electrons. The van der Waals surface area contributed by atoms with Crippen LogP contribution in [0.1, 0.15) is 38.2 Å². The molecule has 0 unspecified atom stereocenters. The first-order chi connectivity index (χ1) is 12.1. The zero-order chi connectivity index (χ0) is 17.4. The van der Waals surface area contributed by atoms with Gasteiger partial charge in [0, 0.05) is 11.5 Å². The fourth-order valence-corrected chi connectivity index (χ4v) is 4.67. The van der Waals surface area contributed by atoms with Gasteiger partial charge >= 0.3 is 0 Å². The van der Waals surface area contributed by atoms with Crippen LogP contribution in [0, 0.1) is 17.3 Å². The summed E-state index contributed by atoms with van der Waals surface area (Å²) in [6, 6.07) is 12.1. The van der Waals surface area contributed by atoms with Gasteiger partial charge in [-0.3, -0.25) is 4.79 Å². The molecule has 25 heavy (non-hydrogen) atoms. The van der Waals surface area contributed by atoms with Crippen LogP contribution >= 0.6 is 0 Å². The number of ether oxygens (including phenoxy) is 1. The minimum atomic E-state index is 0.0600. The van der Waals surface area contributed by atoms with E-state index in [0.717, 1.165) is 28.5 Å². The van der Waals surface area contributed by atoms with Crippen molar-refractivity contribution in [2.45, 2.75) is 32.6 Å². The summed E-state index contributed by atoms with van der Waals surface area (Å²) in [7, 11) is 1.65. The highest BCUT2D eigenvalue weighted by molar-refractivity contribution is 6.02. The van der Waals surface area contributed by atoms with Gasteiger partial charge < -0.3 is 4.74 Å². The lowest BCUT2D eigenvalue weighted by Gasteiger charge is -2.15. The molecule has 0 heterocycles. The van der Waals surface area contributed by atoms with Crippen molar-refractivity contribution in [1.29, 1.82) is 0 Å². The zero-order valence-electron chi connectivity index (χ0n) is 14.8. The number of carbonyl (C=O) groups excluding carboxylic acids is 1. The summed E-state index contributed by atoms with van der Waals surface area (Å²) in [5.74, 6) is 1.48. The maximum atomic E-state index is 12.5. The molecule has 0 radical (unpaired) electrons. The average Bonchev–Trinajstić information content (AvgIpc) is 3.27. The lowest BCUT2D eigenvalue weighted by Crippen LogP contribution is -2.22. The van der Waals surface area contributed by atoms with Gasteiger partial charge in [-0.05, 0) is 41.0 Å². The van der Waals surface area contributed by atoms with E-state index < -0.39 is 0 Å². The summed E-state index contributed by atoms with van der Waals surface area (Å²) in [4.78, 5) is 12.5. The number of hydrogen-bond donors (Lipinski definition) is 1. The third-order valence-electron chi connectivity index (χ3n) is 6.13. The largest absolute Gasteiger partial charge is 0.496 e. The number of nitrogens with zero attached hydrogens (tertiary/aromatic N) is 1. The summed E-state index contributed by atoms with van der Waals surface area (Å²) < 4.78 is 5.46. The van der Waals surface area contributed by atoms with Crippen LogP contribution in [0.3, 0.4) is 0 Å². The number of benzene rings is 2. The van der Waals surface area contributed by atoms with Crippen molar-refractivity contribution in [2.75, 3.05) is 7.11 Å². The van der Waals surface area contributed by atoms with Crippen molar-refractivity contribution in [2.24, 2.45) is 22.4 Å². The highest BCUT2D eigenvalue weighted by Crippen LogP contribution is 2.66. The molecule has 1 amide bonds. The van der Waals surface area contributed by atoms with Crippen LogP contribution in [0.25, 0.3) is 10.8 Å². The van der Waals surface area contributed by atoms with Crippen molar-refractivity contribution in [3.63, 3.8) is 0 Å². The fourth-order valence-electron chi connectivity index (χ4n) is 4.67. The third-order valence-corrected chi connectivity index (χ3v) is 6.13. The zero-order valence-corrected chi connectivity index (χ0v) is 14.8. The van der Waals surface area contributed by atoms with Gasteiger partial charge in [0.05, 0.1) is 13.3 Å². The van der Waals surface area contributed by atoms with E-state index in [2.05, 4.69) is 23.5 Å². The van der Waals surface area contributed by atoms with Crippen molar-refractivity contribution in [1.82, 2.24) is 5.43 Å². The van der Waals surface area contributed by atoms with Crippen molar-refractivity contribution in [3.05, 3.63) is 42.0 Å². The molecule has 2 saturated carbocycles. The molecule has 3 atom stereocenters. The first-order valence-electron chi connectivity index (χ1n) is 9.04. The second-order valence-corrected chi connectivity index (χ2v) is 7.47. The van der Waals surface area contributed by atoms with Gasteiger partial charge in [0.2, 0.25) is 5.91 Å². The van der Waals surface area contributed by atoms with E-state index in [0.29, 0.717) is 5.92 Å². The molecule has 2 aliphatic carbocycles. The minimum absolute atomic E-state index is 0.0600. The number of amides is 1. The highest BCUT2D eigenvalue weighted by atomic mass is 16.5. The first-order valence-corrected chi connectivity index (χ1v) is 9.04. The Hall–Kier alpha value is -2.36. The van der Waals surface area contributed by atoms with Gasteiger partial charge in [-0.1, -0.05) is 50.1 Å². The quantitative estimate of drug-likeness (QED) is 0.674. The minimum Gasteiger partial charge on any atom is -0.496 e. The Morgan fingerprint density at radius 2 is 2.12 bits per heavy atom. The molecule has 4 nitrogen and oxygen atoms in total. The molecule has 2 fully saturated rings. The van der Waals surface area contributed by atoms with Gasteiger partial charge in [0.25, 0.3) is 0 Å². The molecule has 1 N–H and O–H groups in total. The number of methoxy groups -OCH3 is 1. The molecule has 2 aliphatic rings. The lowest BCUT2D eigenvalue weighted by atomic mass is 9.90. The maximum Gasteiger partial charge on any atom is 0.244 e. The maximum absolute atomic E-state index is 12.5. The van der Waals surface area contributed by atoms with Gasteiger partial charge in [0.1, 0.15) is 5.75 Å². The molecule has 4 rings (SSSR count). The van der Waals surface area contributed by atoms with E-state index in [1.165, 1.54) is 19.3 Å². The van der Waals surface area contributed by atoms with Crippen LogP contribution in [0.2, 0.25) is 0 Å². The first kappa shape index (κ1) is 16.1. The number of hydrazone groups is 1. The highest BCUT2D eigenvalue weighted by Gasteiger charge is 2.64. The monoisotopic (exact) mass is 336 g/mol. The Labute approximate surface area is 148 Å². The Bertz CT molecular complexity index is 845. The smallest absolute Gasteiger partial charge is 0.244 e. The fraction of sp³-hybridized carbons (Fsp3) is 0.429. The summed E-state index contributed by atoms with van der Waals surface area (Å²) in [5, 5.41) is 6.43. The number of rotatable bonds is 4. The summed E-state index contributed by atoms with van der Waals surface area (Å²) >= 11 is 0. The Kier molecular flexibility index (Phi) is 3.98. The third kappa shape index (κ3) is 2.70. The molecule has 4 heteroatoms. The van der Waals surface area contributed by atoms with Crippen LogP contribution in [0.5, 0.6) is 5.75 Å². The molecule has 2 aromatic rings. The number of carbonyl (C=O) groups is 1. The molecular formula is C21H24N2O2. The predicted octanol–water partition coefficient (Wildman–Crippen LogP) is 4.12. The van der Waals surface area contributed by atoms with E-state index in [1.807, 2.05) is 30.3 Å². The molecule has 0 aromatic heterocycles. The van der Waals surface area contributed by atoms with Crippen LogP contribution in [-0.2, 0) is 4.79 Å². The molecule has 0 saturated heterocycles. The Balaban J connectivity index is 1.53. The van der Waals surface area contributed by atoms with Crippen molar-refractivity contribution >= 4 is 22.9 Å². The molecule has 0 bridgehead atoms. The molecule has 0 aliphatic heterocycles. The van der Waals surface area contributed by atoms with E-state index >= 15 is 0 Å². The van der Waals surface area contributed by atoms with E-state index in [1.54, 1.807) is 13.3 Å². The van der Waals surface area contributed by atoms with Gasteiger partial charge in [-0.25, -0.2) is 5.43 Å². The molecule has 2 aromatic carbocycles. The van der Waals surface area contributed by atoms with Crippen LogP contribution in [0.4, 0.5) is 0 Å². The topological polar surface area (TPSA) is 50.7 Å². The number of fused-ring (bicyclic) bond motifs is 2. The normalized spacial score (nSPS) is 27.9. The Morgan fingerprint density at radius 1 is 1.28 bits per heavy atom. The van der Waals surface area contributed by atoms with Gasteiger partial charge in [0.15, 0.2) is 0 Å². The lowest BCUT2D eigenvalue weighted by molar-refractivity contribution is -0.123.